The molecule has 2 aliphatic rings. The maximum absolute atomic E-state index is 9.79. The molecule has 0 aromatic heterocycles. The van der Waals surface area contributed by atoms with Gasteiger partial charge in [0, 0.05) is 0 Å². The lowest BCUT2D eigenvalue weighted by Crippen LogP contribution is -2.38. The van der Waals surface area contributed by atoms with E-state index in [0.717, 1.165) is 32.1 Å². The van der Waals surface area contributed by atoms with Gasteiger partial charge < -0.3 is 10.2 Å². The van der Waals surface area contributed by atoms with Crippen molar-refractivity contribution < 1.29 is 10.2 Å². The second-order valence-corrected chi connectivity index (χ2v) is 4.72. The van der Waals surface area contributed by atoms with Crippen molar-refractivity contribution in [2.75, 3.05) is 0 Å². The summed E-state index contributed by atoms with van der Waals surface area (Å²) in [6.07, 6.45) is 4.61. The van der Waals surface area contributed by atoms with E-state index in [1.54, 1.807) is 0 Å². The predicted molar refractivity (Wildman–Crippen MR) is 46.7 cm³/mol. The molecule has 0 bridgehead atoms. The Morgan fingerprint density at radius 2 is 1.92 bits per heavy atom. The van der Waals surface area contributed by atoms with Crippen LogP contribution >= 0.6 is 0 Å². The van der Waals surface area contributed by atoms with Crippen LogP contribution in [0.15, 0.2) is 0 Å². The van der Waals surface area contributed by atoms with Crippen LogP contribution in [0.5, 0.6) is 0 Å². The monoisotopic (exact) mass is 170 g/mol. The molecule has 2 heteroatoms. The summed E-state index contributed by atoms with van der Waals surface area (Å²) in [5.41, 5.74) is 0.124. The summed E-state index contributed by atoms with van der Waals surface area (Å²) in [4.78, 5) is 0. The van der Waals surface area contributed by atoms with Gasteiger partial charge in [0.1, 0.15) is 0 Å². The highest BCUT2D eigenvalue weighted by atomic mass is 16.3. The Balaban J connectivity index is 2.14. The molecule has 0 spiro atoms. The fraction of sp³-hybridized carbons (Fsp3) is 1.00. The van der Waals surface area contributed by atoms with Crippen LogP contribution in [0.1, 0.15) is 39.0 Å². The summed E-state index contributed by atoms with van der Waals surface area (Å²) in [6.45, 7) is 2.18. The van der Waals surface area contributed by atoms with E-state index in [4.69, 9.17) is 0 Å². The van der Waals surface area contributed by atoms with Crippen LogP contribution in [0.2, 0.25) is 0 Å². The van der Waals surface area contributed by atoms with E-state index >= 15 is 0 Å². The third-order valence-electron chi connectivity index (χ3n) is 4.06. The lowest BCUT2D eigenvalue weighted by atomic mass is 9.68. The minimum atomic E-state index is -0.116. The minimum Gasteiger partial charge on any atom is -0.393 e. The summed E-state index contributed by atoms with van der Waals surface area (Å²) in [6, 6.07) is 0. The van der Waals surface area contributed by atoms with E-state index in [0.29, 0.717) is 5.92 Å². The fourth-order valence-electron chi connectivity index (χ4n) is 2.97. The lowest BCUT2D eigenvalue weighted by molar-refractivity contribution is -0.0254. The third-order valence-corrected chi connectivity index (χ3v) is 4.06. The number of fused-ring (bicyclic) bond motifs is 1. The highest BCUT2D eigenvalue weighted by Gasteiger charge is 2.48. The Kier molecular flexibility index (Phi) is 1.92. The molecule has 0 aliphatic heterocycles. The van der Waals surface area contributed by atoms with Crippen LogP contribution in [0.25, 0.3) is 0 Å². The van der Waals surface area contributed by atoms with E-state index in [2.05, 4.69) is 6.92 Å². The number of aliphatic hydroxyl groups excluding tert-OH is 2. The number of aliphatic hydroxyl groups is 2. The zero-order chi connectivity index (χ0) is 8.77. The Bertz CT molecular complexity index is 181. The van der Waals surface area contributed by atoms with Crippen molar-refractivity contribution in [1.82, 2.24) is 0 Å². The SMILES string of the molecule is C[C@]12CC[C@@H](O)C[C@H]1CC[C@@H]2O. The maximum Gasteiger partial charge on any atom is 0.0596 e. The average Bonchev–Trinajstić information content (AvgIpc) is 2.31. The number of hydrogen-bond acceptors (Lipinski definition) is 2. The van der Waals surface area contributed by atoms with Gasteiger partial charge in [-0.05, 0) is 43.4 Å². The topological polar surface area (TPSA) is 40.5 Å². The van der Waals surface area contributed by atoms with E-state index in [1.165, 1.54) is 0 Å². The summed E-state index contributed by atoms with van der Waals surface area (Å²) in [7, 11) is 0. The summed E-state index contributed by atoms with van der Waals surface area (Å²) >= 11 is 0. The van der Waals surface area contributed by atoms with E-state index < -0.39 is 0 Å². The smallest absolute Gasteiger partial charge is 0.0596 e. The normalized spacial score (nSPS) is 53.8. The van der Waals surface area contributed by atoms with Gasteiger partial charge in [0.25, 0.3) is 0 Å². The van der Waals surface area contributed by atoms with Gasteiger partial charge >= 0.3 is 0 Å². The summed E-state index contributed by atoms with van der Waals surface area (Å²) in [5, 5.41) is 19.3. The van der Waals surface area contributed by atoms with Crippen LogP contribution in [0, 0.1) is 11.3 Å². The van der Waals surface area contributed by atoms with Crippen LogP contribution in [-0.4, -0.2) is 22.4 Å². The van der Waals surface area contributed by atoms with Gasteiger partial charge in [-0.1, -0.05) is 6.92 Å². The van der Waals surface area contributed by atoms with Gasteiger partial charge in [-0.25, -0.2) is 0 Å². The molecule has 4 atom stereocenters. The van der Waals surface area contributed by atoms with Gasteiger partial charge in [0.2, 0.25) is 0 Å². The molecule has 2 aliphatic carbocycles. The largest absolute Gasteiger partial charge is 0.393 e. The quantitative estimate of drug-likeness (QED) is 0.575. The van der Waals surface area contributed by atoms with E-state index in [-0.39, 0.29) is 17.6 Å². The van der Waals surface area contributed by atoms with Gasteiger partial charge in [-0.3, -0.25) is 0 Å². The molecule has 0 radical (unpaired) electrons. The van der Waals surface area contributed by atoms with Crippen LogP contribution in [-0.2, 0) is 0 Å². The molecule has 2 saturated carbocycles. The first kappa shape index (κ1) is 8.52. The molecule has 2 fully saturated rings. The summed E-state index contributed by atoms with van der Waals surface area (Å²) in [5.74, 6) is 0.566. The van der Waals surface area contributed by atoms with Crippen LogP contribution in [0.4, 0.5) is 0 Å². The molecule has 2 rings (SSSR count). The second-order valence-electron chi connectivity index (χ2n) is 4.72. The van der Waals surface area contributed by atoms with Crippen molar-refractivity contribution in [2.45, 2.75) is 51.2 Å². The number of rotatable bonds is 0. The highest BCUT2D eigenvalue weighted by molar-refractivity contribution is 4.98. The van der Waals surface area contributed by atoms with Crippen LogP contribution < -0.4 is 0 Å². The molecule has 0 aromatic rings. The molecule has 12 heavy (non-hydrogen) atoms. The van der Waals surface area contributed by atoms with Crippen molar-refractivity contribution in [2.24, 2.45) is 11.3 Å². The van der Waals surface area contributed by atoms with Gasteiger partial charge in [-0.15, -0.1) is 0 Å². The van der Waals surface area contributed by atoms with Crippen molar-refractivity contribution >= 4 is 0 Å². The molecular formula is C10H18O2. The zero-order valence-corrected chi connectivity index (χ0v) is 7.66. The Labute approximate surface area is 73.6 Å². The predicted octanol–water partition coefficient (Wildman–Crippen LogP) is 1.31. The first-order valence-electron chi connectivity index (χ1n) is 4.99. The second kappa shape index (κ2) is 2.71. The molecule has 0 heterocycles. The molecule has 0 saturated heterocycles. The molecular weight excluding hydrogens is 152 g/mol. The molecule has 0 aromatic carbocycles. The van der Waals surface area contributed by atoms with E-state index in [1.807, 2.05) is 0 Å². The van der Waals surface area contributed by atoms with Gasteiger partial charge in [0.15, 0.2) is 0 Å². The van der Waals surface area contributed by atoms with Crippen LogP contribution in [0.3, 0.4) is 0 Å². The zero-order valence-electron chi connectivity index (χ0n) is 7.66. The Morgan fingerprint density at radius 1 is 1.17 bits per heavy atom. The fourth-order valence-corrected chi connectivity index (χ4v) is 2.97. The molecule has 70 valence electrons. The molecule has 0 amide bonds. The first-order chi connectivity index (χ1) is 5.63. The van der Waals surface area contributed by atoms with Crippen molar-refractivity contribution in [3.63, 3.8) is 0 Å². The highest BCUT2D eigenvalue weighted by Crippen LogP contribution is 2.51. The maximum atomic E-state index is 9.79. The summed E-state index contributed by atoms with van der Waals surface area (Å²) < 4.78 is 0. The Hall–Kier alpha value is -0.0800. The first-order valence-corrected chi connectivity index (χ1v) is 4.99. The van der Waals surface area contributed by atoms with Gasteiger partial charge in [-0.2, -0.15) is 0 Å². The third kappa shape index (κ3) is 1.09. The van der Waals surface area contributed by atoms with Gasteiger partial charge in [0.05, 0.1) is 12.2 Å². The Morgan fingerprint density at radius 3 is 2.67 bits per heavy atom. The average molecular weight is 170 g/mol. The molecule has 0 unspecified atom stereocenters. The van der Waals surface area contributed by atoms with E-state index in [9.17, 15) is 10.2 Å². The molecule has 2 N–H and O–H groups in total. The number of hydrogen-bond donors (Lipinski definition) is 2. The van der Waals surface area contributed by atoms with Crippen molar-refractivity contribution in [3.8, 4) is 0 Å². The van der Waals surface area contributed by atoms with Crippen molar-refractivity contribution in [3.05, 3.63) is 0 Å². The minimum absolute atomic E-state index is 0.103. The standard InChI is InChI=1S/C10H18O2/c1-10-5-4-8(11)6-7(10)2-3-9(10)12/h7-9,11-12H,2-6H2,1H3/t7-,8-,9+,10+/m1/s1. The van der Waals surface area contributed by atoms with Crippen molar-refractivity contribution in [1.29, 1.82) is 0 Å². The lowest BCUT2D eigenvalue weighted by Gasteiger charge is -2.40. The molecule has 2 nitrogen and oxygen atoms in total.